The summed E-state index contributed by atoms with van der Waals surface area (Å²) < 4.78 is 11.6. The predicted octanol–water partition coefficient (Wildman–Crippen LogP) is 3.73. The first-order valence-corrected chi connectivity index (χ1v) is 8.19. The van der Waals surface area contributed by atoms with Crippen LogP contribution in [0.4, 0.5) is 0 Å². The Morgan fingerprint density at radius 2 is 1.95 bits per heavy atom. The van der Waals surface area contributed by atoms with Crippen LogP contribution in [-0.2, 0) is 4.74 Å². The highest BCUT2D eigenvalue weighted by atomic mass is 16.5. The van der Waals surface area contributed by atoms with E-state index < -0.39 is 0 Å². The van der Waals surface area contributed by atoms with E-state index in [0.717, 1.165) is 50.3 Å². The summed E-state index contributed by atoms with van der Waals surface area (Å²) in [6.45, 7) is 10.8. The molecule has 0 aliphatic heterocycles. The Morgan fingerprint density at radius 1 is 1.14 bits per heavy atom. The lowest BCUT2D eigenvalue weighted by atomic mass is 9.99. The second kappa shape index (κ2) is 10.6. The lowest BCUT2D eigenvalue weighted by Gasteiger charge is -2.28. The summed E-state index contributed by atoms with van der Waals surface area (Å²) in [5.41, 5.74) is 1.14. The first-order chi connectivity index (χ1) is 10.3. The Kier molecular flexibility index (Phi) is 9.02. The first kappa shape index (κ1) is 17.9. The SMILES string of the molecule is CCCOc1cncc(C(NCC)C(CCC)OCC)c1. The highest BCUT2D eigenvalue weighted by molar-refractivity contribution is 5.27. The summed E-state index contributed by atoms with van der Waals surface area (Å²) in [6, 6.07) is 2.24. The van der Waals surface area contributed by atoms with Gasteiger partial charge in [0.2, 0.25) is 0 Å². The van der Waals surface area contributed by atoms with E-state index >= 15 is 0 Å². The highest BCUT2D eigenvalue weighted by Gasteiger charge is 2.23. The molecule has 0 bridgehead atoms. The zero-order chi connectivity index (χ0) is 15.5. The predicted molar refractivity (Wildman–Crippen MR) is 86.8 cm³/mol. The molecule has 0 radical (unpaired) electrons. The largest absolute Gasteiger partial charge is 0.492 e. The van der Waals surface area contributed by atoms with Crippen molar-refractivity contribution in [2.45, 2.75) is 59.1 Å². The normalized spacial score (nSPS) is 13.9. The minimum absolute atomic E-state index is 0.160. The zero-order valence-electron chi connectivity index (χ0n) is 13.9. The van der Waals surface area contributed by atoms with Crippen molar-refractivity contribution in [3.05, 3.63) is 24.0 Å². The average Bonchev–Trinajstić information content (AvgIpc) is 2.51. The molecule has 1 heterocycles. The molecule has 0 spiro atoms. The molecule has 0 aromatic carbocycles. The Labute approximate surface area is 129 Å². The van der Waals surface area contributed by atoms with E-state index in [1.54, 1.807) is 6.20 Å². The number of pyridine rings is 1. The maximum absolute atomic E-state index is 5.94. The topological polar surface area (TPSA) is 43.4 Å². The van der Waals surface area contributed by atoms with Crippen LogP contribution >= 0.6 is 0 Å². The van der Waals surface area contributed by atoms with Gasteiger partial charge in [0.15, 0.2) is 0 Å². The van der Waals surface area contributed by atoms with E-state index in [4.69, 9.17) is 9.47 Å². The van der Waals surface area contributed by atoms with Crippen LogP contribution in [0.25, 0.3) is 0 Å². The molecule has 0 saturated heterocycles. The number of ether oxygens (including phenoxy) is 2. The van der Waals surface area contributed by atoms with Gasteiger partial charge >= 0.3 is 0 Å². The fraction of sp³-hybridized carbons (Fsp3) is 0.706. The fourth-order valence-electron chi connectivity index (χ4n) is 2.43. The van der Waals surface area contributed by atoms with Crippen molar-refractivity contribution >= 4 is 0 Å². The molecule has 0 fully saturated rings. The second-order valence-electron chi connectivity index (χ2n) is 5.12. The Hall–Kier alpha value is -1.13. The van der Waals surface area contributed by atoms with Gasteiger partial charge in [-0.15, -0.1) is 0 Å². The van der Waals surface area contributed by atoms with Gasteiger partial charge in [0, 0.05) is 12.8 Å². The van der Waals surface area contributed by atoms with Crippen molar-refractivity contribution in [1.82, 2.24) is 10.3 Å². The summed E-state index contributed by atoms with van der Waals surface area (Å²) in [4.78, 5) is 4.32. The zero-order valence-corrected chi connectivity index (χ0v) is 13.9. The summed E-state index contributed by atoms with van der Waals surface area (Å²) >= 11 is 0. The molecule has 2 atom stereocenters. The first-order valence-electron chi connectivity index (χ1n) is 8.19. The van der Waals surface area contributed by atoms with Gasteiger partial charge in [-0.2, -0.15) is 0 Å². The van der Waals surface area contributed by atoms with Crippen molar-refractivity contribution < 1.29 is 9.47 Å². The number of nitrogens with zero attached hydrogens (tertiary/aromatic N) is 1. The quantitative estimate of drug-likeness (QED) is 0.675. The van der Waals surface area contributed by atoms with Gasteiger partial charge < -0.3 is 14.8 Å². The molecule has 1 aromatic rings. The number of hydrogen-bond acceptors (Lipinski definition) is 4. The van der Waals surface area contributed by atoms with Crippen molar-refractivity contribution in [1.29, 1.82) is 0 Å². The summed E-state index contributed by atoms with van der Waals surface area (Å²) in [5.74, 6) is 0.837. The van der Waals surface area contributed by atoms with E-state index in [0.29, 0.717) is 0 Å². The van der Waals surface area contributed by atoms with Gasteiger partial charge in [-0.1, -0.05) is 27.2 Å². The van der Waals surface area contributed by atoms with Crippen molar-refractivity contribution in [2.24, 2.45) is 0 Å². The number of nitrogens with one attached hydrogen (secondary N) is 1. The standard InChI is InChI=1S/C17H30N2O2/c1-5-9-16(20-8-4)17(19-7-3)14-11-15(13-18-12-14)21-10-6-2/h11-13,16-17,19H,5-10H2,1-4H3. The fourth-order valence-corrected chi connectivity index (χ4v) is 2.43. The monoisotopic (exact) mass is 294 g/mol. The van der Waals surface area contributed by atoms with E-state index in [1.165, 1.54) is 0 Å². The minimum Gasteiger partial charge on any atom is -0.492 e. The summed E-state index contributed by atoms with van der Waals surface area (Å²) in [5, 5.41) is 3.53. The maximum atomic E-state index is 5.94. The molecule has 1 aromatic heterocycles. The lowest BCUT2D eigenvalue weighted by Crippen LogP contribution is -2.34. The van der Waals surface area contributed by atoms with Gasteiger partial charge in [-0.05, 0) is 37.9 Å². The number of rotatable bonds is 11. The molecule has 0 amide bonds. The summed E-state index contributed by atoms with van der Waals surface area (Å²) in [7, 11) is 0. The number of hydrogen-bond donors (Lipinski definition) is 1. The molecule has 0 aliphatic rings. The molecular formula is C17H30N2O2. The highest BCUT2D eigenvalue weighted by Crippen LogP contribution is 2.25. The van der Waals surface area contributed by atoms with Gasteiger partial charge in [0.25, 0.3) is 0 Å². The van der Waals surface area contributed by atoms with Crippen LogP contribution in [0.15, 0.2) is 18.5 Å². The minimum atomic E-state index is 0.160. The molecular weight excluding hydrogens is 264 g/mol. The van der Waals surface area contributed by atoms with E-state index in [-0.39, 0.29) is 12.1 Å². The third-order valence-electron chi connectivity index (χ3n) is 3.32. The number of likely N-dealkylation sites (N-methyl/N-ethyl adjacent to an activating group) is 1. The molecule has 4 heteroatoms. The van der Waals surface area contributed by atoms with Gasteiger partial charge in [-0.3, -0.25) is 4.98 Å². The van der Waals surface area contributed by atoms with Crippen molar-refractivity contribution in [2.75, 3.05) is 19.8 Å². The lowest BCUT2D eigenvalue weighted by molar-refractivity contribution is 0.0278. The molecule has 21 heavy (non-hydrogen) atoms. The molecule has 4 nitrogen and oxygen atoms in total. The molecule has 2 unspecified atom stereocenters. The Bertz CT molecular complexity index is 379. The van der Waals surface area contributed by atoms with E-state index in [9.17, 15) is 0 Å². The third-order valence-corrected chi connectivity index (χ3v) is 3.32. The number of aromatic nitrogens is 1. The van der Waals surface area contributed by atoms with Crippen LogP contribution in [0.2, 0.25) is 0 Å². The summed E-state index contributed by atoms with van der Waals surface area (Å²) in [6.07, 6.45) is 6.99. The smallest absolute Gasteiger partial charge is 0.137 e. The Morgan fingerprint density at radius 3 is 2.57 bits per heavy atom. The molecule has 120 valence electrons. The van der Waals surface area contributed by atoms with Crippen LogP contribution in [0.3, 0.4) is 0 Å². The maximum Gasteiger partial charge on any atom is 0.137 e. The molecule has 1 N–H and O–H groups in total. The van der Waals surface area contributed by atoms with Crippen LogP contribution in [0.5, 0.6) is 5.75 Å². The van der Waals surface area contributed by atoms with Crippen LogP contribution in [0.1, 0.15) is 58.6 Å². The van der Waals surface area contributed by atoms with Gasteiger partial charge in [0.05, 0.1) is 24.9 Å². The van der Waals surface area contributed by atoms with Crippen LogP contribution in [-0.4, -0.2) is 30.8 Å². The molecule has 0 aliphatic carbocycles. The molecule has 0 saturated carbocycles. The van der Waals surface area contributed by atoms with Crippen molar-refractivity contribution in [3.8, 4) is 5.75 Å². The van der Waals surface area contributed by atoms with Crippen LogP contribution < -0.4 is 10.1 Å². The van der Waals surface area contributed by atoms with E-state index in [1.807, 2.05) is 13.1 Å². The average molecular weight is 294 g/mol. The third kappa shape index (κ3) is 6.02. The van der Waals surface area contributed by atoms with Gasteiger partial charge in [0.1, 0.15) is 5.75 Å². The second-order valence-corrected chi connectivity index (χ2v) is 5.12. The van der Waals surface area contributed by atoms with Crippen LogP contribution in [0, 0.1) is 0 Å². The molecule has 1 rings (SSSR count). The van der Waals surface area contributed by atoms with Crippen molar-refractivity contribution in [3.63, 3.8) is 0 Å². The van der Waals surface area contributed by atoms with Gasteiger partial charge in [-0.25, -0.2) is 0 Å². The van der Waals surface area contributed by atoms with E-state index in [2.05, 4.69) is 37.1 Å². The Balaban J connectivity index is 2.91.